The van der Waals surface area contributed by atoms with E-state index in [1.807, 2.05) is 0 Å². The number of carboxylic acids is 1. The molecule has 1 N–H and O–H groups in total. The molecule has 1 rings (SSSR count). The highest BCUT2D eigenvalue weighted by molar-refractivity contribution is 7.91. The van der Waals surface area contributed by atoms with Gasteiger partial charge in [-0.15, -0.1) is 0 Å². The van der Waals surface area contributed by atoms with Gasteiger partial charge in [0.05, 0.1) is 23.0 Å². The Labute approximate surface area is 114 Å². The van der Waals surface area contributed by atoms with Gasteiger partial charge < -0.3 is 5.11 Å². The number of sulfone groups is 1. The van der Waals surface area contributed by atoms with E-state index in [9.17, 15) is 26.4 Å². The van der Waals surface area contributed by atoms with Gasteiger partial charge in [-0.2, -0.15) is 13.2 Å². The summed E-state index contributed by atoms with van der Waals surface area (Å²) in [6.07, 6.45) is -5.13. The summed E-state index contributed by atoms with van der Waals surface area (Å²) < 4.78 is 61.2. The lowest BCUT2D eigenvalue weighted by atomic mass is 10.1. The summed E-state index contributed by atoms with van der Waals surface area (Å²) in [6, 6.07) is 3.98. The molecule has 0 aliphatic carbocycles. The van der Waals surface area contributed by atoms with Gasteiger partial charge in [0.25, 0.3) is 0 Å². The zero-order valence-corrected chi connectivity index (χ0v) is 11.3. The largest absolute Gasteiger partial charge is 0.481 e. The van der Waals surface area contributed by atoms with Crippen molar-refractivity contribution < 1.29 is 31.5 Å². The van der Waals surface area contributed by atoms with Gasteiger partial charge in [0, 0.05) is 0 Å². The SMILES string of the molecule is CC(CC(=O)O)S(=O)(=O)Cc1cccc(C(F)(F)F)c1. The average molecular weight is 310 g/mol. The molecule has 0 heterocycles. The second kappa shape index (κ2) is 5.82. The molecule has 1 unspecified atom stereocenters. The van der Waals surface area contributed by atoms with Crippen molar-refractivity contribution in [2.75, 3.05) is 0 Å². The number of carboxylic acid groups (broad SMARTS) is 1. The second-order valence-corrected chi connectivity index (χ2v) is 6.83. The molecule has 0 saturated carbocycles. The van der Waals surface area contributed by atoms with E-state index in [-0.39, 0.29) is 5.56 Å². The Kier molecular flexibility index (Phi) is 4.80. The Morgan fingerprint density at radius 2 is 1.95 bits per heavy atom. The van der Waals surface area contributed by atoms with Gasteiger partial charge in [0.15, 0.2) is 9.84 Å². The third kappa shape index (κ3) is 4.52. The average Bonchev–Trinajstić information content (AvgIpc) is 2.26. The second-order valence-electron chi connectivity index (χ2n) is 4.41. The molecule has 112 valence electrons. The predicted molar refractivity (Wildman–Crippen MR) is 65.8 cm³/mol. The van der Waals surface area contributed by atoms with Crippen molar-refractivity contribution in [1.82, 2.24) is 0 Å². The molecule has 0 amide bonds. The van der Waals surface area contributed by atoms with Crippen LogP contribution >= 0.6 is 0 Å². The van der Waals surface area contributed by atoms with Crippen molar-refractivity contribution in [1.29, 1.82) is 0 Å². The van der Waals surface area contributed by atoms with Gasteiger partial charge in [0.2, 0.25) is 0 Å². The maximum Gasteiger partial charge on any atom is 0.416 e. The minimum absolute atomic E-state index is 0.0166. The highest BCUT2D eigenvalue weighted by Gasteiger charge is 2.31. The van der Waals surface area contributed by atoms with E-state index in [2.05, 4.69) is 0 Å². The van der Waals surface area contributed by atoms with Crippen LogP contribution in [0.3, 0.4) is 0 Å². The molecule has 1 aromatic rings. The zero-order chi connectivity index (χ0) is 15.6. The van der Waals surface area contributed by atoms with Crippen LogP contribution in [0.1, 0.15) is 24.5 Å². The van der Waals surface area contributed by atoms with Gasteiger partial charge in [-0.3, -0.25) is 4.79 Å². The monoisotopic (exact) mass is 310 g/mol. The number of aliphatic carboxylic acids is 1. The Morgan fingerprint density at radius 1 is 1.35 bits per heavy atom. The molecule has 0 radical (unpaired) electrons. The van der Waals surface area contributed by atoms with E-state index in [0.717, 1.165) is 18.2 Å². The molecular weight excluding hydrogens is 297 g/mol. The van der Waals surface area contributed by atoms with Gasteiger partial charge in [0.1, 0.15) is 0 Å². The first-order chi connectivity index (χ1) is 9.02. The number of carbonyl (C=O) groups is 1. The maximum atomic E-state index is 12.5. The predicted octanol–water partition coefficient (Wildman–Crippen LogP) is 2.48. The molecule has 0 spiro atoms. The third-order valence-corrected chi connectivity index (χ3v) is 4.83. The summed E-state index contributed by atoms with van der Waals surface area (Å²) in [5.74, 6) is -1.89. The van der Waals surface area contributed by atoms with Crippen molar-refractivity contribution in [2.45, 2.75) is 30.5 Å². The fourth-order valence-corrected chi connectivity index (χ4v) is 2.91. The first-order valence-corrected chi connectivity index (χ1v) is 7.33. The summed E-state index contributed by atoms with van der Waals surface area (Å²) in [5, 5.41) is 7.39. The van der Waals surface area contributed by atoms with E-state index in [1.165, 1.54) is 13.0 Å². The molecule has 1 aromatic carbocycles. The van der Waals surface area contributed by atoms with Crippen LogP contribution in [0, 0.1) is 0 Å². The number of rotatable bonds is 5. The van der Waals surface area contributed by atoms with Crippen molar-refractivity contribution in [3.8, 4) is 0 Å². The van der Waals surface area contributed by atoms with Crippen LogP contribution in [0.4, 0.5) is 13.2 Å². The first kappa shape index (κ1) is 16.5. The van der Waals surface area contributed by atoms with Crippen LogP contribution in [0.5, 0.6) is 0 Å². The van der Waals surface area contributed by atoms with Crippen LogP contribution in [-0.4, -0.2) is 24.7 Å². The maximum absolute atomic E-state index is 12.5. The number of benzene rings is 1. The van der Waals surface area contributed by atoms with Gasteiger partial charge in [-0.25, -0.2) is 8.42 Å². The number of halogens is 3. The van der Waals surface area contributed by atoms with Crippen LogP contribution in [0.2, 0.25) is 0 Å². The van der Waals surface area contributed by atoms with Crippen LogP contribution in [-0.2, 0) is 26.6 Å². The van der Waals surface area contributed by atoms with Crippen LogP contribution in [0.15, 0.2) is 24.3 Å². The summed E-state index contributed by atoms with van der Waals surface area (Å²) in [4.78, 5) is 10.5. The van der Waals surface area contributed by atoms with Gasteiger partial charge >= 0.3 is 12.1 Å². The molecule has 0 aliphatic rings. The fraction of sp³-hybridized carbons (Fsp3) is 0.417. The smallest absolute Gasteiger partial charge is 0.416 e. The fourth-order valence-electron chi connectivity index (χ4n) is 1.58. The van der Waals surface area contributed by atoms with E-state index in [0.29, 0.717) is 0 Å². The van der Waals surface area contributed by atoms with Crippen LogP contribution < -0.4 is 0 Å². The quantitative estimate of drug-likeness (QED) is 0.907. The summed E-state index contributed by atoms with van der Waals surface area (Å²) >= 11 is 0. The van der Waals surface area contributed by atoms with Crippen LogP contribution in [0.25, 0.3) is 0 Å². The zero-order valence-electron chi connectivity index (χ0n) is 10.5. The Bertz CT molecular complexity index is 593. The highest BCUT2D eigenvalue weighted by atomic mass is 32.2. The van der Waals surface area contributed by atoms with Crippen molar-refractivity contribution in [3.63, 3.8) is 0 Å². The molecule has 0 saturated heterocycles. The molecule has 0 bridgehead atoms. The molecular formula is C12H13F3O4S. The lowest BCUT2D eigenvalue weighted by Crippen LogP contribution is -2.23. The molecule has 0 fully saturated rings. The van der Waals surface area contributed by atoms with Gasteiger partial charge in [-0.1, -0.05) is 18.2 Å². The first-order valence-electron chi connectivity index (χ1n) is 5.62. The number of alkyl halides is 3. The molecule has 0 aliphatic heterocycles. The van der Waals surface area contributed by atoms with Crippen molar-refractivity contribution in [3.05, 3.63) is 35.4 Å². The standard InChI is InChI=1S/C12H13F3O4S/c1-8(5-11(16)17)20(18,19)7-9-3-2-4-10(6-9)12(13,14)15/h2-4,6,8H,5,7H2,1H3,(H,16,17). The Balaban J connectivity index is 2.96. The lowest BCUT2D eigenvalue weighted by molar-refractivity contribution is -0.138. The topological polar surface area (TPSA) is 71.4 Å². The van der Waals surface area contributed by atoms with Gasteiger partial charge in [-0.05, 0) is 18.6 Å². The highest BCUT2D eigenvalue weighted by Crippen LogP contribution is 2.30. The van der Waals surface area contributed by atoms with E-state index >= 15 is 0 Å². The molecule has 8 heteroatoms. The number of hydrogen-bond donors (Lipinski definition) is 1. The molecule has 0 aromatic heterocycles. The summed E-state index contributed by atoms with van der Waals surface area (Å²) in [7, 11) is -3.82. The summed E-state index contributed by atoms with van der Waals surface area (Å²) in [6.45, 7) is 1.22. The van der Waals surface area contributed by atoms with E-state index in [4.69, 9.17) is 5.11 Å². The summed E-state index contributed by atoms with van der Waals surface area (Å²) in [5.41, 5.74) is -0.951. The van der Waals surface area contributed by atoms with Crippen molar-refractivity contribution >= 4 is 15.8 Å². The van der Waals surface area contributed by atoms with Crippen molar-refractivity contribution in [2.24, 2.45) is 0 Å². The van der Waals surface area contributed by atoms with E-state index < -0.39 is 45.0 Å². The number of hydrogen-bond acceptors (Lipinski definition) is 3. The third-order valence-electron chi connectivity index (χ3n) is 2.70. The lowest BCUT2D eigenvalue weighted by Gasteiger charge is -2.12. The normalized spacial score (nSPS) is 14.0. The molecule has 4 nitrogen and oxygen atoms in total. The minimum atomic E-state index is -4.55. The minimum Gasteiger partial charge on any atom is -0.481 e. The molecule has 1 atom stereocenters. The van der Waals surface area contributed by atoms with E-state index in [1.54, 1.807) is 0 Å². The Hall–Kier alpha value is -1.57. The molecule has 20 heavy (non-hydrogen) atoms. The Morgan fingerprint density at radius 3 is 2.45 bits per heavy atom.